The topological polar surface area (TPSA) is 18.5 Å². The Morgan fingerprint density at radius 1 is 1.17 bits per heavy atom. The Hall–Kier alpha value is -0.0800. The molecule has 2 nitrogen and oxygen atoms in total. The van der Waals surface area contributed by atoms with Gasteiger partial charge in [0.05, 0.1) is 0 Å². The monoisotopic (exact) mass is 170 g/mol. The van der Waals surface area contributed by atoms with Crippen LogP contribution in [-0.4, -0.2) is 12.6 Å². The summed E-state index contributed by atoms with van der Waals surface area (Å²) in [5, 5.41) is 0. The molecule has 0 N–H and O–H groups in total. The van der Waals surface area contributed by atoms with Crippen molar-refractivity contribution in [3.63, 3.8) is 0 Å². The summed E-state index contributed by atoms with van der Waals surface area (Å²) in [4.78, 5) is 0. The minimum atomic E-state index is -0.193. The summed E-state index contributed by atoms with van der Waals surface area (Å²) < 4.78 is 11.1. The number of hydrogen-bond acceptors (Lipinski definition) is 2. The highest BCUT2D eigenvalue weighted by Crippen LogP contribution is 2.48. The molecular weight excluding hydrogens is 152 g/mol. The number of ether oxygens (including phenoxy) is 2. The Morgan fingerprint density at radius 3 is 2.25 bits per heavy atom. The van der Waals surface area contributed by atoms with Gasteiger partial charge in [-0.05, 0) is 17.8 Å². The van der Waals surface area contributed by atoms with Crippen molar-refractivity contribution in [2.24, 2.45) is 11.3 Å². The molecule has 2 heteroatoms. The van der Waals surface area contributed by atoms with Gasteiger partial charge < -0.3 is 9.47 Å². The molecule has 1 heterocycles. The van der Waals surface area contributed by atoms with Gasteiger partial charge in [-0.15, -0.1) is 0 Å². The van der Waals surface area contributed by atoms with Crippen molar-refractivity contribution in [2.45, 2.75) is 45.8 Å². The van der Waals surface area contributed by atoms with E-state index in [9.17, 15) is 0 Å². The van der Waals surface area contributed by atoms with Crippen molar-refractivity contribution in [3.8, 4) is 0 Å². The van der Waals surface area contributed by atoms with Crippen LogP contribution in [0.1, 0.15) is 40.0 Å². The summed E-state index contributed by atoms with van der Waals surface area (Å²) in [5.74, 6) is 0.537. The number of hydrogen-bond donors (Lipinski definition) is 0. The second-order valence-corrected chi connectivity index (χ2v) is 5.17. The molecule has 0 aromatic rings. The molecule has 1 aliphatic heterocycles. The van der Waals surface area contributed by atoms with Gasteiger partial charge in [0.1, 0.15) is 0 Å². The van der Waals surface area contributed by atoms with E-state index in [0.29, 0.717) is 12.2 Å². The Kier molecular flexibility index (Phi) is 1.74. The Morgan fingerprint density at radius 2 is 1.83 bits per heavy atom. The van der Waals surface area contributed by atoms with E-state index in [4.69, 9.17) is 9.47 Å². The summed E-state index contributed by atoms with van der Waals surface area (Å²) in [6, 6.07) is 0. The molecule has 1 unspecified atom stereocenters. The molecule has 2 aliphatic rings. The molecule has 2 fully saturated rings. The van der Waals surface area contributed by atoms with Crippen LogP contribution in [0.4, 0.5) is 0 Å². The molecule has 2 rings (SSSR count). The molecule has 0 aromatic carbocycles. The van der Waals surface area contributed by atoms with Gasteiger partial charge in [0.15, 0.2) is 12.6 Å². The minimum absolute atomic E-state index is 0.193. The van der Waals surface area contributed by atoms with Crippen LogP contribution in [0, 0.1) is 11.3 Å². The zero-order chi connectivity index (χ0) is 8.82. The first-order chi connectivity index (χ1) is 5.52. The van der Waals surface area contributed by atoms with E-state index in [0.717, 1.165) is 18.8 Å². The van der Waals surface area contributed by atoms with E-state index >= 15 is 0 Å². The first-order valence-electron chi connectivity index (χ1n) is 4.79. The van der Waals surface area contributed by atoms with Crippen LogP contribution in [0.15, 0.2) is 0 Å². The highest BCUT2D eigenvalue weighted by atomic mass is 16.9. The molecule has 1 spiro atoms. The van der Waals surface area contributed by atoms with Crippen molar-refractivity contribution < 1.29 is 9.47 Å². The van der Waals surface area contributed by atoms with Gasteiger partial charge >= 0.3 is 0 Å². The lowest BCUT2D eigenvalue weighted by atomic mass is 9.69. The molecule has 1 saturated carbocycles. The molecule has 0 amide bonds. The molecule has 0 aromatic heterocycles. The molecular formula is C10H18O2. The molecule has 1 saturated heterocycles. The Labute approximate surface area is 74.2 Å². The summed E-state index contributed by atoms with van der Waals surface area (Å²) in [6.07, 6.45) is 3.43. The fraction of sp³-hybridized carbons (Fsp3) is 1.00. The number of rotatable bonds is 0. The minimum Gasteiger partial charge on any atom is -0.324 e. The van der Waals surface area contributed by atoms with E-state index in [2.05, 4.69) is 20.8 Å². The molecule has 0 radical (unpaired) electrons. The second kappa shape index (κ2) is 2.46. The second-order valence-electron chi connectivity index (χ2n) is 5.17. The van der Waals surface area contributed by atoms with E-state index in [-0.39, 0.29) is 5.79 Å². The van der Waals surface area contributed by atoms with Crippen LogP contribution in [0.25, 0.3) is 0 Å². The maximum Gasteiger partial charge on any atom is 0.174 e. The van der Waals surface area contributed by atoms with Gasteiger partial charge in [0.25, 0.3) is 0 Å². The van der Waals surface area contributed by atoms with E-state index in [1.165, 1.54) is 6.42 Å². The van der Waals surface area contributed by atoms with Crippen molar-refractivity contribution in [2.75, 3.05) is 6.79 Å². The van der Waals surface area contributed by atoms with E-state index in [1.807, 2.05) is 0 Å². The maximum absolute atomic E-state index is 5.54. The lowest BCUT2D eigenvalue weighted by molar-refractivity contribution is -0.418. The van der Waals surface area contributed by atoms with Gasteiger partial charge in [-0.25, -0.2) is 0 Å². The van der Waals surface area contributed by atoms with Gasteiger partial charge in [-0.3, -0.25) is 0 Å². The smallest absolute Gasteiger partial charge is 0.174 e. The zero-order valence-corrected chi connectivity index (χ0v) is 8.22. The summed E-state index contributed by atoms with van der Waals surface area (Å²) in [6.45, 7) is 7.39. The fourth-order valence-corrected chi connectivity index (χ4v) is 2.87. The zero-order valence-electron chi connectivity index (χ0n) is 8.22. The van der Waals surface area contributed by atoms with Crippen molar-refractivity contribution >= 4 is 0 Å². The Balaban J connectivity index is 2.08. The van der Waals surface area contributed by atoms with Crippen LogP contribution in [0.2, 0.25) is 0 Å². The first-order valence-corrected chi connectivity index (χ1v) is 4.79. The van der Waals surface area contributed by atoms with Crippen LogP contribution in [0.5, 0.6) is 0 Å². The normalized spacial score (nSPS) is 37.8. The third-order valence-electron chi connectivity index (χ3n) is 2.95. The fourth-order valence-electron chi connectivity index (χ4n) is 2.87. The quantitative estimate of drug-likeness (QED) is 0.556. The highest BCUT2D eigenvalue weighted by molar-refractivity contribution is 4.90. The Bertz CT molecular complexity index is 182. The van der Waals surface area contributed by atoms with Crippen molar-refractivity contribution in [3.05, 3.63) is 0 Å². The van der Waals surface area contributed by atoms with Crippen LogP contribution < -0.4 is 0 Å². The third-order valence-corrected chi connectivity index (χ3v) is 2.95. The molecule has 1 atom stereocenters. The largest absolute Gasteiger partial charge is 0.324 e. The summed E-state index contributed by atoms with van der Waals surface area (Å²) in [5.41, 5.74) is 0.387. The van der Waals surface area contributed by atoms with Gasteiger partial charge in [-0.2, -0.15) is 0 Å². The van der Waals surface area contributed by atoms with Crippen LogP contribution >= 0.6 is 0 Å². The summed E-state index contributed by atoms with van der Waals surface area (Å²) >= 11 is 0. The molecule has 70 valence electrons. The van der Waals surface area contributed by atoms with Gasteiger partial charge in [-0.1, -0.05) is 20.8 Å². The van der Waals surface area contributed by atoms with Crippen molar-refractivity contribution in [1.82, 2.24) is 0 Å². The van der Waals surface area contributed by atoms with E-state index in [1.54, 1.807) is 0 Å². The summed E-state index contributed by atoms with van der Waals surface area (Å²) in [7, 11) is 0. The average molecular weight is 170 g/mol. The van der Waals surface area contributed by atoms with Crippen molar-refractivity contribution in [1.29, 1.82) is 0 Å². The predicted octanol–water partition coefficient (Wildman–Crippen LogP) is 2.53. The maximum atomic E-state index is 5.54. The standard InChI is InChI=1S/C10H18O2/c1-8-4-9(2,3)6-10(5-8)11-7-12-10/h8H,4-7H2,1-3H3. The third kappa shape index (κ3) is 1.38. The van der Waals surface area contributed by atoms with Gasteiger partial charge in [0, 0.05) is 12.8 Å². The van der Waals surface area contributed by atoms with Crippen LogP contribution in [-0.2, 0) is 9.47 Å². The average Bonchev–Trinajstić information content (AvgIpc) is 1.79. The van der Waals surface area contributed by atoms with Crippen LogP contribution in [0.3, 0.4) is 0 Å². The molecule has 1 aliphatic carbocycles. The lowest BCUT2D eigenvalue weighted by Gasteiger charge is -2.51. The highest BCUT2D eigenvalue weighted by Gasteiger charge is 2.49. The van der Waals surface area contributed by atoms with E-state index < -0.39 is 0 Å². The molecule has 0 bridgehead atoms. The predicted molar refractivity (Wildman–Crippen MR) is 46.6 cm³/mol. The first kappa shape index (κ1) is 8.52. The lowest BCUT2D eigenvalue weighted by Crippen LogP contribution is -2.53. The molecule has 12 heavy (non-hydrogen) atoms. The van der Waals surface area contributed by atoms with Gasteiger partial charge in [0.2, 0.25) is 0 Å². The SMILES string of the molecule is CC1CC(C)(C)CC2(C1)OCO2.